The minimum absolute atomic E-state index is 0.0653. The van der Waals surface area contributed by atoms with Gasteiger partial charge in [-0.15, -0.1) is 0 Å². The molecule has 2 aromatic rings. The number of nitrogens with zero attached hydrogens (tertiary/aromatic N) is 1. The molecule has 32 heavy (non-hydrogen) atoms. The lowest BCUT2D eigenvalue weighted by Crippen LogP contribution is -2.37. The molecule has 2 amide bonds. The Hall–Kier alpha value is -2.98. The number of anilines is 1. The summed E-state index contributed by atoms with van der Waals surface area (Å²) in [5.41, 5.74) is 1.19. The smallest absolute Gasteiger partial charge is 0.322 e. The molecule has 0 aliphatic heterocycles. The average molecular weight is 467 g/mol. The number of rotatable bonds is 11. The summed E-state index contributed by atoms with van der Waals surface area (Å²) in [7, 11) is 0.685. The zero-order valence-electron chi connectivity index (χ0n) is 19.0. The molecule has 10 heteroatoms. The maximum atomic E-state index is 13.0. The monoisotopic (exact) mass is 466 g/mol. The Morgan fingerprint density at radius 2 is 1.69 bits per heavy atom. The van der Waals surface area contributed by atoms with Crippen LogP contribution in [0, 0.1) is 0 Å². The number of carbonyl (C=O) groups excluding carboxylic acids is 1. The Bertz CT molecular complexity index is 1010. The molecular formula is C22H30N2O7S. The summed E-state index contributed by atoms with van der Waals surface area (Å²) < 4.78 is 45.4. The van der Waals surface area contributed by atoms with E-state index in [9.17, 15) is 13.2 Å². The summed E-state index contributed by atoms with van der Waals surface area (Å²) in [4.78, 5) is 14.5. The molecule has 0 saturated heterocycles. The van der Waals surface area contributed by atoms with Gasteiger partial charge in [-0.05, 0) is 43.7 Å². The normalized spacial score (nSPS) is 11.2. The van der Waals surface area contributed by atoms with Crippen LogP contribution in [-0.4, -0.2) is 59.1 Å². The van der Waals surface area contributed by atoms with Crippen LogP contribution in [0.5, 0.6) is 17.2 Å². The lowest BCUT2D eigenvalue weighted by Gasteiger charge is -2.24. The van der Waals surface area contributed by atoms with Crippen LogP contribution in [0.3, 0.4) is 0 Å². The molecule has 0 radical (unpaired) electrons. The fraction of sp³-hybridized carbons (Fsp3) is 0.409. The molecule has 1 N–H and O–H groups in total. The van der Waals surface area contributed by atoms with Crippen LogP contribution in [0.15, 0.2) is 42.5 Å². The third kappa shape index (κ3) is 6.76. The number of amides is 2. The zero-order chi connectivity index (χ0) is 23.7. The van der Waals surface area contributed by atoms with Crippen molar-refractivity contribution in [1.29, 1.82) is 0 Å². The zero-order valence-corrected chi connectivity index (χ0v) is 19.8. The number of urea groups is 1. The van der Waals surface area contributed by atoms with Crippen LogP contribution in [0.1, 0.15) is 19.4 Å². The molecule has 9 nitrogen and oxygen atoms in total. The fourth-order valence-electron chi connectivity index (χ4n) is 2.72. The van der Waals surface area contributed by atoms with Crippen LogP contribution < -0.4 is 19.0 Å². The van der Waals surface area contributed by atoms with E-state index in [4.69, 9.17) is 18.4 Å². The van der Waals surface area contributed by atoms with Crippen molar-refractivity contribution >= 4 is 21.8 Å². The van der Waals surface area contributed by atoms with Crippen LogP contribution in [-0.2, 0) is 21.4 Å². The summed E-state index contributed by atoms with van der Waals surface area (Å²) >= 11 is 0. The van der Waals surface area contributed by atoms with E-state index in [1.54, 1.807) is 54.5 Å². The van der Waals surface area contributed by atoms with Crippen LogP contribution in [0.4, 0.5) is 10.5 Å². The van der Waals surface area contributed by atoms with E-state index >= 15 is 0 Å². The van der Waals surface area contributed by atoms with Gasteiger partial charge in [0.25, 0.3) is 0 Å². The standard InChI is InChI=1S/C22H30N2O7S/c1-16(2)32(26,27)31-21-14-17(10-11-20(21)30-5)15-24(12-13-28-3)22(25)23-18-8-6-7-9-19(18)29-4/h6-11,14,16H,12-13,15H2,1-5H3,(H,23,25). The number of methoxy groups -OCH3 is 3. The third-order valence-electron chi connectivity index (χ3n) is 4.59. The van der Waals surface area contributed by atoms with Crippen molar-refractivity contribution in [1.82, 2.24) is 4.90 Å². The van der Waals surface area contributed by atoms with Gasteiger partial charge in [-0.1, -0.05) is 18.2 Å². The lowest BCUT2D eigenvalue weighted by atomic mass is 10.2. The summed E-state index contributed by atoms with van der Waals surface area (Å²) in [5, 5.41) is 2.11. The van der Waals surface area contributed by atoms with Gasteiger partial charge < -0.3 is 28.6 Å². The maximum absolute atomic E-state index is 13.0. The van der Waals surface area contributed by atoms with Gasteiger partial charge in [0.05, 0.1) is 31.8 Å². The van der Waals surface area contributed by atoms with Gasteiger partial charge in [0.1, 0.15) is 5.75 Å². The molecule has 0 unspecified atom stereocenters. The van der Waals surface area contributed by atoms with E-state index in [0.717, 1.165) is 0 Å². The second-order valence-electron chi connectivity index (χ2n) is 7.15. The van der Waals surface area contributed by atoms with Crippen LogP contribution >= 0.6 is 0 Å². The van der Waals surface area contributed by atoms with E-state index in [0.29, 0.717) is 30.2 Å². The number of benzene rings is 2. The molecule has 0 aromatic heterocycles. The van der Waals surface area contributed by atoms with Crippen molar-refractivity contribution in [2.45, 2.75) is 25.6 Å². The predicted molar refractivity (Wildman–Crippen MR) is 122 cm³/mol. The number of hydrogen-bond acceptors (Lipinski definition) is 7. The minimum atomic E-state index is -3.81. The minimum Gasteiger partial charge on any atom is -0.495 e. The van der Waals surface area contributed by atoms with E-state index < -0.39 is 15.4 Å². The molecule has 0 fully saturated rings. The Balaban J connectivity index is 2.27. The van der Waals surface area contributed by atoms with Crippen molar-refractivity contribution in [3.63, 3.8) is 0 Å². The Morgan fingerprint density at radius 1 is 1.00 bits per heavy atom. The van der Waals surface area contributed by atoms with Crippen molar-refractivity contribution in [2.24, 2.45) is 0 Å². The first-order chi connectivity index (χ1) is 15.2. The second-order valence-corrected chi connectivity index (χ2v) is 9.25. The molecule has 0 atom stereocenters. The van der Waals surface area contributed by atoms with Crippen LogP contribution in [0.25, 0.3) is 0 Å². The lowest BCUT2D eigenvalue weighted by molar-refractivity contribution is 0.152. The molecule has 2 aromatic carbocycles. The highest BCUT2D eigenvalue weighted by Crippen LogP contribution is 2.31. The molecule has 0 heterocycles. The first-order valence-electron chi connectivity index (χ1n) is 10.00. The van der Waals surface area contributed by atoms with Crippen molar-refractivity contribution < 1.29 is 31.6 Å². The topological polar surface area (TPSA) is 103 Å². The number of hydrogen-bond donors (Lipinski definition) is 1. The van der Waals surface area contributed by atoms with Gasteiger partial charge in [0.2, 0.25) is 0 Å². The van der Waals surface area contributed by atoms with Gasteiger partial charge in [-0.25, -0.2) is 4.79 Å². The van der Waals surface area contributed by atoms with E-state index in [1.807, 2.05) is 0 Å². The second kappa shape index (κ2) is 11.6. The number of nitrogens with one attached hydrogen (secondary N) is 1. The van der Waals surface area contributed by atoms with E-state index in [1.165, 1.54) is 28.1 Å². The van der Waals surface area contributed by atoms with Gasteiger partial charge in [0, 0.05) is 20.2 Å². The van der Waals surface area contributed by atoms with Crippen molar-refractivity contribution in [3.8, 4) is 17.2 Å². The highest BCUT2D eigenvalue weighted by molar-refractivity contribution is 7.87. The molecule has 0 aliphatic carbocycles. The van der Waals surface area contributed by atoms with E-state index in [2.05, 4.69) is 5.32 Å². The summed E-state index contributed by atoms with van der Waals surface area (Å²) in [6.07, 6.45) is 0. The van der Waals surface area contributed by atoms with Gasteiger partial charge in [0.15, 0.2) is 11.5 Å². The molecule has 0 bridgehead atoms. The number of para-hydroxylation sites is 2. The summed E-state index contributed by atoms with van der Waals surface area (Å²) in [6, 6.07) is 11.6. The molecule has 0 aliphatic rings. The molecule has 0 spiro atoms. The highest BCUT2D eigenvalue weighted by Gasteiger charge is 2.22. The van der Waals surface area contributed by atoms with Crippen LogP contribution in [0.2, 0.25) is 0 Å². The van der Waals surface area contributed by atoms with Gasteiger partial charge in [-0.2, -0.15) is 8.42 Å². The summed E-state index contributed by atoms with van der Waals surface area (Å²) in [6.45, 7) is 3.87. The SMILES string of the molecule is COCCN(Cc1ccc(OC)c(OS(=O)(=O)C(C)C)c1)C(=O)Nc1ccccc1OC. The quantitative estimate of drug-likeness (QED) is 0.506. The molecule has 176 valence electrons. The van der Waals surface area contributed by atoms with Gasteiger partial charge in [-0.3, -0.25) is 0 Å². The molecule has 0 saturated carbocycles. The Morgan fingerprint density at radius 3 is 2.31 bits per heavy atom. The highest BCUT2D eigenvalue weighted by atomic mass is 32.2. The predicted octanol–water partition coefficient (Wildman–Crippen LogP) is 3.50. The maximum Gasteiger partial charge on any atom is 0.322 e. The van der Waals surface area contributed by atoms with Crippen molar-refractivity contribution in [3.05, 3.63) is 48.0 Å². The molecule has 2 rings (SSSR count). The Labute approximate surface area is 189 Å². The fourth-order valence-corrected chi connectivity index (χ4v) is 3.30. The first kappa shape index (κ1) is 25.3. The number of carbonyl (C=O) groups is 1. The molecular weight excluding hydrogens is 436 g/mol. The van der Waals surface area contributed by atoms with E-state index in [-0.39, 0.29) is 24.1 Å². The first-order valence-corrected chi connectivity index (χ1v) is 11.5. The summed E-state index contributed by atoms with van der Waals surface area (Å²) in [5.74, 6) is 0.877. The average Bonchev–Trinajstić information content (AvgIpc) is 2.76. The number of ether oxygens (including phenoxy) is 3. The Kier molecular flexibility index (Phi) is 9.15. The van der Waals surface area contributed by atoms with Gasteiger partial charge >= 0.3 is 16.1 Å². The van der Waals surface area contributed by atoms with Crippen molar-refractivity contribution in [2.75, 3.05) is 39.8 Å². The third-order valence-corrected chi connectivity index (χ3v) is 6.15. The largest absolute Gasteiger partial charge is 0.495 e.